The zero-order valence-electron chi connectivity index (χ0n) is 10.1. The van der Waals surface area contributed by atoms with Crippen molar-refractivity contribution < 1.29 is 19.2 Å². The van der Waals surface area contributed by atoms with Gasteiger partial charge < -0.3 is 5.73 Å². The topological polar surface area (TPSA) is 110 Å². The predicted octanol–water partition coefficient (Wildman–Crippen LogP) is -0.554. The Hall–Kier alpha value is -2.96. The molecule has 100 valence electrons. The van der Waals surface area contributed by atoms with Crippen LogP contribution < -0.4 is 11.1 Å². The average Bonchev–Trinajstić information content (AvgIpc) is 2.64. The first-order valence-electron chi connectivity index (χ1n) is 5.80. The maximum absolute atomic E-state index is 12.3. The van der Waals surface area contributed by atoms with E-state index in [-0.39, 0.29) is 16.8 Å². The van der Waals surface area contributed by atoms with Crippen molar-refractivity contribution in [3.8, 4) is 0 Å². The Labute approximate surface area is 113 Å². The molecule has 3 rings (SSSR count). The summed E-state index contributed by atoms with van der Waals surface area (Å²) >= 11 is 0. The number of rotatable bonds is 1. The summed E-state index contributed by atoms with van der Waals surface area (Å²) in [5, 5.41) is 2.05. The van der Waals surface area contributed by atoms with Gasteiger partial charge in [-0.3, -0.25) is 29.4 Å². The fraction of sp³-hybridized carbons (Fsp3) is 0.0769. The van der Waals surface area contributed by atoms with Gasteiger partial charge in [0.15, 0.2) is 0 Å². The van der Waals surface area contributed by atoms with Gasteiger partial charge in [-0.2, -0.15) is 0 Å². The molecule has 1 atom stereocenters. The van der Waals surface area contributed by atoms with Crippen LogP contribution in [0.2, 0.25) is 0 Å². The van der Waals surface area contributed by atoms with Gasteiger partial charge in [0, 0.05) is 11.8 Å². The second kappa shape index (κ2) is 4.02. The Morgan fingerprint density at radius 1 is 1.10 bits per heavy atom. The molecule has 2 aliphatic rings. The largest absolute Gasteiger partial charge is 0.398 e. The van der Waals surface area contributed by atoms with Crippen LogP contribution >= 0.6 is 0 Å². The SMILES string of the molecule is Nc1cccc2c1C(=O)N(C1C=CC(=O)NC1=O)C2=O. The average molecular weight is 271 g/mol. The highest BCUT2D eigenvalue weighted by atomic mass is 16.2. The number of amides is 4. The van der Waals surface area contributed by atoms with Crippen molar-refractivity contribution >= 4 is 29.3 Å². The van der Waals surface area contributed by atoms with Gasteiger partial charge in [-0.15, -0.1) is 0 Å². The lowest BCUT2D eigenvalue weighted by atomic mass is 10.1. The number of carbonyl (C=O) groups excluding carboxylic acids is 4. The van der Waals surface area contributed by atoms with E-state index in [0.29, 0.717) is 0 Å². The van der Waals surface area contributed by atoms with Gasteiger partial charge in [-0.05, 0) is 18.2 Å². The van der Waals surface area contributed by atoms with E-state index in [0.717, 1.165) is 11.0 Å². The molecule has 7 heteroatoms. The summed E-state index contributed by atoms with van der Waals surface area (Å²) in [5.41, 5.74) is 6.13. The highest BCUT2D eigenvalue weighted by Gasteiger charge is 2.43. The standard InChI is InChI=1S/C13H9N3O4/c14-7-3-1-2-6-10(7)13(20)16(12(6)19)8-4-5-9(17)15-11(8)18/h1-5,8H,14H2,(H,15,17,18). The molecule has 1 aromatic rings. The van der Waals surface area contributed by atoms with E-state index in [1.165, 1.54) is 18.2 Å². The minimum Gasteiger partial charge on any atom is -0.398 e. The van der Waals surface area contributed by atoms with E-state index < -0.39 is 29.7 Å². The van der Waals surface area contributed by atoms with Gasteiger partial charge in [0.2, 0.25) is 5.91 Å². The van der Waals surface area contributed by atoms with Crippen LogP contribution in [-0.4, -0.2) is 34.6 Å². The molecule has 0 radical (unpaired) electrons. The van der Waals surface area contributed by atoms with Crippen molar-refractivity contribution in [1.29, 1.82) is 0 Å². The summed E-state index contributed by atoms with van der Waals surface area (Å²) in [4.78, 5) is 48.1. The summed E-state index contributed by atoms with van der Waals surface area (Å²) in [5.74, 6) is -2.54. The molecule has 0 saturated heterocycles. The molecular weight excluding hydrogens is 262 g/mol. The maximum atomic E-state index is 12.3. The predicted molar refractivity (Wildman–Crippen MR) is 67.4 cm³/mol. The third-order valence-electron chi connectivity index (χ3n) is 3.20. The number of benzene rings is 1. The number of nitrogens with zero attached hydrogens (tertiary/aromatic N) is 1. The first-order chi connectivity index (χ1) is 9.50. The van der Waals surface area contributed by atoms with Crippen molar-refractivity contribution in [2.45, 2.75) is 6.04 Å². The Kier molecular flexibility index (Phi) is 2.43. The molecule has 1 aromatic carbocycles. The molecule has 2 heterocycles. The second-order valence-corrected chi connectivity index (χ2v) is 4.41. The monoisotopic (exact) mass is 271 g/mol. The van der Waals surface area contributed by atoms with E-state index in [4.69, 9.17) is 5.73 Å². The molecular formula is C13H9N3O4. The number of nitrogen functional groups attached to an aromatic ring is 1. The van der Waals surface area contributed by atoms with Crippen LogP contribution in [-0.2, 0) is 9.59 Å². The van der Waals surface area contributed by atoms with Crippen LogP contribution in [0.25, 0.3) is 0 Å². The van der Waals surface area contributed by atoms with E-state index in [2.05, 4.69) is 0 Å². The molecule has 20 heavy (non-hydrogen) atoms. The Bertz CT molecular complexity index is 708. The number of hydrogen-bond acceptors (Lipinski definition) is 5. The Morgan fingerprint density at radius 3 is 2.50 bits per heavy atom. The van der Waals surface area contributed by atoms with Crippen molar-refractivity contribution in [3.05, 3.63) is 41.5 Å². The zero-order chi connectivity index (χ0) is 14.4. The molecule has 3 N–H and O–H groups in total. The summed E-state index contributed by atoms with van der Waals surface area (Å²) in [7, 11) is 0. The van der Waals surface area contributed by atoms with Crippen LogP contribution in [0.15, 0.2) is 30.4 Å². The first-order valence-corrected chi connectivity index (χ1v) is 5.80. The highest BCUT2D eigenvalue weighted by molar-refractivity contribution is 6.25. The molecule has 0 saturated carbocycles. The van der Waals surface area contributed by atoms with Crippen molar-refractivity contribution in [2.24, 2.45) is 0 Å². The van der Waals surface area contributed by atoms with Gasteiger partial charge in [0.25, 0.3) is 17.7 Å². The quantitative estimate of drug-likeness (QED) is 0.526. The van der Waals surface area contributed by atoms with Crippen LogP contribution in [0.4, 0.5) is 5.69 Å². The van der Waals surface area contributed by atoms with E-state index in [1.54, 1.807) is 6.07 Å². The number of imide groups is 2. The number of nitrogens with two attached hydrogens (primary N) is 1. The lowest BCUT2D eigenvalue weighted by molar-refractivity contribution is -0.130. The molecule has 2 aliphatic heterocycles. The molecule has 0 bridgehead atoms. The lowest BCUT2D eigenvalue weighted by Crippen LogP contribution is -2.51. The fourth-order valence-corrected chi connectivity index (χ4v) is 2.29. The molecule has 0 fully saturated rings. The highest BCUT2D eigenvalue weighted by Crippen LogP contribution is 2.29. The summed E-state index contributed by atoms with van der Waals surface area (Å²) in [6.45, 7) is 0. The van der Waals surface area contributed by atoms with Gasteiger partial charge in [-0.25, -0.2) is 0 Å². The lowest BCUT2D eigenvalue weighted by Gasteiger charge is -2.24. The maximum Gasteiger partial charge on any atom is 0.264 e. The number of hydrogen-bond donors (Lipinski definition) is 2. The summed E-state index contributed by atoms with van der Waals surface area (Å²) in [6.07, 6.45) is 2.33. The van der Waals surface area contributed by atoms with E-state index >= 15 is 0 Å². The fourth-order valence-electron chi connectivity index (χ4n) is 2.29. The van der Waals surface area contributed by atoms with Crippen LogP contribution in [0.3, 0.4) is 0 Å². The number of fused-ring (bicyclic) bond motifs is 1. The molecule has 0 aromatic heterocycles. The minimum absolute atomic E-state index is 0.0931. The number of anilines is 1. The van der Waals surface area contributed by atoms with E-state index in [9.17, 15) is 19.2 Å². The molecule has 1 unspecified atom stereocenters. The Morgan fingerprint density at radius 2 is 1.85 bits per heavy atom. The van der Waals surface area contributed by atoms with Crippen molar-refractivity contribution in [1.82, 2.24) is 10.2 Å². The third-order valence-corrected chi connectivity index (χ3v) is 3.20. The smallest absolute Gasteiger partial charge is 0.264 e. The molecule has 0 aliphatic carbocycles. The third kappa shape index (κ3) is 1.53. The van der Waals surface area contributed by atoms with Gasteiger partial charge in [0.05, 0.1) is 11.1 Å². The summed E-state index contributed by atoms with van der Waals surface area (Å²) < 4.78 is 0. The summed E-state index contributed by atoms with van der Waals surface area (Å²) in [6, 6.07) is 3.40. The van der Waals surface area contributed by atoms with Crippen molar-refractivity contribution in [3.63, 3.8) is 0 Å². The normalized spacial score (nSPS) is 21.2. The number of nitrogens with one attached hydrogen (secondary N) is 1. The minimum atomic E-state index is -1.14. The Balaban J connectivity index is 2.07. The first kappa shape index (κ1) is 12.1. The second-order valence-electron chi connectivity index (χ2n) is 4.41. The number of carbonyl (C=O) groups is 4. The molecule has 4 amide bonds. The molecule has 0 spiro atoms. The van der Waals surface area contributed by atoms with E-state index in [1.807, 2.05) is 5.32 Å². The molecule has 7 nitrogen and oxygen atoms in total. The van der Waals surface area contributed by atoms with Gasteiger partial charge >= 0.3 is 0 Å². The van der Waals surface area contributed by atoms with Crippen LogP contribution in [0, 0.1) is 0 Å². The zero-order valence-corrected chi connectivity index (χ0v) is 10.1. The van der Waals surface area contributed by atoms with Crippen molar-refractivity contribution in [2.75, 3.05) is 5.73 Å². The van der Waals surface area contributed by atoms with Gasteiger partial charge in [0.1, 0.15) is 6.04 Å². The van der Waals surface area contributed by atoms with Crippen LogP contribution in [0.1, 0.15) is 20.7 Å². The van der Waals surface area contributed by atoms with Crippen LogP contribution in [0.5, 0.6) is 0 Å². The van der Waals surface area contributed by atoms with Gasteiger partial charge in [-0.1, -0.05) is 6.07 Å².